The zero-order valence-electron chi connectivity index (χ0n) is 16.0. The Morgan fingerprint density at radius 1 is 1.15 bits per heavy atom. The molecule has 2 N–H and O–H groups in total. The Bertz CT molecular complexity index is 586. The molecule has 156 valence electrons. The highest BCUT2D eigenvalue weighted by atomic mass is 127. The van der Waals surface area contributed by atoms with Crippen molar-refractivity contribution in [3.63, 3.8) is 0 Å². The molecule has 0 aliphatic heterocycles. The van der Waals surface area contributed by atoms with Gasteiger partial charge in [0.2, 0.25) is 0 Å². The van der Waals surface area contributed by atoms with Gasteiger partial charge in [0.15, 0.2) is 17.5 Å². The number of hydrogen-bond donors (Lipinski definition) is 2. The van der Waals surface area contributed by atoms with Crippen molar-refractivity contribution in [3.05, 3.63) is 23.8 Å². The third kappa shape index (κ3) is 10.5. The second-order valence-corrected chi connectivity index (χ2v) is 5.75. The van der Waals surface area contributed by atoms with Crippen LogP contribution in [-0.2, 0) is 6.54 Å². The van der Waals surface area contributed by atoms with Gasteiger partial charge in [0, 0.05) is 20.1 Å². The minimum Gasteiger partial charge on any atom is -0.493 e. The first-order chi connectivity index (χ1) is 12.3. The number of halogens is 4. The van der Waals surface area contributed by atoms with E-state index in [0.29, 0.717) is 43.5 Å². The number of nitrogens with zero attached hydrogens (tertiary/aromatic N) is 2. The predicted molar refractivity (Wildman–Crippen MR) is 111 cm³/mol. The van der Waals surface area contributed by atoms with Gasteiger partial charge in [0.05, 0.1) is 20.8 Å². The quantitative estimate of drug-likeness (QED) is 0.235. The van der Waals surface area contributed by atoms with E-state index in [1.165, 1.54) is 11.9 Å². The van der Waals surface area contributed by atoms with Crippen molar-refractivity contribution in [3.8, 4) is 11.5 Å². The van der Waals surface area contributed by atoms with Crippen LogP contribution in [0.2, 0.25) is 0 Å². The normalized spacial score (nSPS) is 11.8. The maximum absolute atomic E-state index is 12.3. The largest absolute Gasteiger partial charge is 0.493 e. The van der Waals surface area contributed by atoms with Crippen molar-refractivity contribution >= 4 is 29.9 Å². The van der Waals surface area contributed by atoms with E-state index in [1.807, 2.05) is 18.2 Å². The van der Waals surface area contributed by atoms with Crippen LogP contribution in [0.3, 0.4) is 0 Å². The fourth-order valence-corrected chi connectivity index (χ4v) is 2.34. The molecular formula is C17H28F3IN4O2. The number of hydrogen-bond acceptors (Lipinski definition) is 4. The summed E-state index contributed by atoms with van der Waals surface area (Å²) in [6.07, 6.45) is -3.59. The molecule has 0 radical (unpaired) electrons. The number of ether oxygens (including phenoxy) is 2. The highest BCUT2D eigenvalue weighted by Gasteiger charge is 2.28. The average molecular weight is 504 g/mol. The molecule has 0 saturated heterocycles. The summed E-state index contributed by atoms with van der Waals surface area (Å²) in [5, 5.41) is 6.23. The molecule has 0 bridgehead atoms. The lowest BCUT2D eigenvalue weighted by Crippen LogP contribution is -2.39. The molecule has 0 aliphatic carbocycles. The van der Waals surface area contributed by atoms with Crippen molar-refractivity contribution in [2.45, 2.75) is 19.1 Å². The van der Waals surface area contributed by atoms with Gasteiger partial charge in [0.1, 0.15) is 0 Å². The Balaban J connectivity index is 0.00000676. The molecule has 6 nitrogen and oxygen atoms in total. The topological polar surface area (TPSA) is 58.1 Å². The first-order valence-corrected chi connectivity index (χ1v) is 8.19. The zero-order valence-corrected chi connectivity index (χ0v) is 18.4. The van der Waals surface area contributed by atoms with Crippen molar-refractivity contribution in [1.29, 1.82) is 0 Å². The summed E-state index contributed by atoms with van der Waals surface area (Å²) in [6, 6.07) is 5.60. The minimum absolute atomic E-state index is 0. The van der Waals surface area contributed by atoms with E-state index in [1.54, 1.807) is 21.3 Å². The van der Waals surface area contributed by atoms with Gasteiger partial charge in [0.25, 0.3) is 0 Å². The summed E-state index contributed by atoms with van der Waals surface area (Å²) in [7, 11) is 6.25. The maximum atomic E-state index is 12.3. The minimum atomic E-state index is -4.17. The highest BCUT2D eigenvalue weighted by molar-refractivity contribution is 14.0. The molecular weight excluding hydrogens is 476 g/mol. The summed E-state index contributed by atoms with van der Waals surface area (Å²) in [5.74, 6) is 1.88. The van der Waals surface area contributed by atoms with Crippen LogP contribution in [0.5, 0.6) is 11.5 Å². The third-order valence-electron chi connectivity index (χ3n) is 3.59. The van der Waals surface area contributed by atoms with Crippen LogP contribution in [0.1, 0.15) is 12.0 Å². The molecule has 0 spiro atoms. The van der Waals surface area contributed by atoms with Crippen LogP contribution >= 0.6 is 24.0 Å². The molecule has 1 rings (SSSR count). The number of guanidine groups is 1. The Labute approximate surface area is 175 Å². The van der Waals surface area contributed by atoms with Gasteiger partial charge in [-0.05, 0) is 37.7 Å². The second-order valence-electron chi connectivity index (χ2n) is 5.75. The average Bonchev–Trinajstić information content (AvgIpc) is 2.59. The van der Waals surface area contributed by atoms with Crippen molar-refractivity contribution in [1.82, 2.24) is 15.5 Å². The van der Waals surface area contributed by atoms with Crippen LogP contribution in [0.4, 0.5) is 13.2 Å². The summed E-state index contributed by atoms with van der Waals surface area (Å²) < 4.78 is 47.2. The lowest BCUT2D eigenvalue weighted by Gasteiger charge is -2.19. The van der Waals surface area contributed by atoms with Gasteiger partial charge in [-0.15, -0.1) is 24.0 Å². The summed E-state index contributed by atoms with van der Waals surface area (Å²) in [4.78, 5) is 5.35. The van der Waals surface area contributed by atoms with E-state index in [4.69, 9.17) is 9.47 Å². The molecule has 0 amide bonds. The summed E-state index contributed by atoms with van der Waals surface area (Å²) in [6.45, 7) is 0.486. The molecule has 0 fully saturated rings. The molecule has 0 aromatic heterocycles. The number of benzene rings is 1. The van der Waals surface area contributed by atoms with Crippen molar-refractivity contribution in [2.24, 2.45) is 4.99 Å². The standard InChI is InChI=1S/C17H27F3N4O2.HI/c1-21-16(22-8-5-9-24(2)12-17(18,19)20)23-11-13-6-7-14(25-3)15(10-13)26-4;/h6-7,10H,5,8-9,11-12H2,1-4H3,(H2,21,22,23);1H. The lowest BCUT2D eigenvalue weighted by molar-refractivity contribution is -0.143. The van der Waals surface area contributed by atoms with Gasteiger partial charge in [-0.25, -0.2) is 0 Å². The van der Waals surface area contributed by atoms with E-state index >= 15 is 0 Å². The SMILES string of the molecule is CN=C(NCCCN(C)CC(F)(F)F)NCc1ccc(OC)c(OC)c1.I. The van der Waals surface area contributed by atoms with E-state index in [-0.39, 0.29) is 24.0 Å². The lowest BCUT2D eigenvalue weighted by atomic mass is 10.2. The second kappa shape index (κ2) is 12.9. The highest BCUT2D eigenvalue weighted by Crippen LogP contribution is 2.27. The number of rotatable bonds is 9. The summed E-state index contributed by atoms with van der Waals surface area (Å²) >= 11 is 0. The van der Waals surface area contributed by atoms with Crippen LogP contribution in [0, 0.1) is 0 Å². The molecule has 27 heavy (non-hydrogen) atoms. The van der Waals surface area contributed by atoms with Crippen LogP contribution in [0.15, 0.2) is 23.2 Å². The fraction of sp³-hybridized carbons (Fsp3) is 0.588. The van der Waals surface area contributed by atoms with Crippen molar-refractivity contribution < 1.29 is 22.6 Å². The molecule has 0 atom stereocenters. The summed E-state index contributed by atoms with van der Waals surface area (Å²) in [5.41, 5.74) is 0.982. The van der Waals surface area contributed by atoms with Gasteiger partial charge in [-0.2, -0.15) is 13.2 Å². The third-order valence-corrected chi connectivity index (χ3v) is 3.59. The van der Waals surface area contributed by atoms with Crippen LogP contribution in [-0.4, -0.2) is 65.0 Å². The molecule has 1 aromatic carbocycles. The Hall–Kier alpha value is -1.43. The van der Waals surface area contributed by atoms with E-state index in [0.717, 1.165) is 5.56 Å². The number of alkyl halides is 3. The molecule has 0 saturated carbocycles. The molecule has 10 heteroatoms. The number of nitrogens with one attached hydrogen (secondary N) is 2. The Morgan fingerprint density at radius 2 is 1.81 bits per heavy atom. The smallest absolute Gasteiger partial charge is 0.401 e. The van der Waals surface area contributed by atoms with Gasteiger partial charge in [-0.3, -0.25) is 9.89 Å². The van der Waals surface area contributed by atoms with Gasteiger partial charge < -0.3 is 20.1 Å². The van der Waals surface area contributed by atoms with Crippen LogP contribution < -0.4 is 20.1 Å². The predicted octanol–water partition coefficient (Wildman–Crippen LogP) is 2.87. The monoisotopic (exact) mass is 504 g/mol. The maximum Gasteiger partial charge on any atom is 0.401 e. The van der Waals surface area contributed by atoms with E-state index < -0.39 is 12.7 Å². The van der Waals surface area contributed by atoms with Crippen LogP contribution in [0.25, 0.3) is 0 Å². The Kier molecular flexibility index (Phi) is 12.2. The van der Waals surface area contributed by atoms with Crippen molar-refractivity contribution in [2.75, 3.05) is 47.9 Å². The molecule has 1 aromatic rings. The van der Waals surface area contributed by atoms with E-state index in [9.17, 15) is 13.2 Å². The Morgan fingerprint density at radius 3 is 2.37 bits per heavy atom. The number of methoxy groups -OCH3 is 2. The van der Waals surface area contributed by atoms with Gasteiger partial charge in [-0.1, -0.05) is 6.07 Å². The van der Waals surface area contributed by atoms with E-state index in [2.05, 4.69) is 15.6 Å². The van der Waals surface area contributed by atoms with Gasteiger partial charge >= 0.3 is 6.18 Å². The first kappa shape index (κ1) is 25.6. The first-order valence-electron chi connectivity index (χ1n) is 8.19. The molecule has 0 heterocycles. The fourth-order valence-electron chi connectivity index (χ4n) is 2.34. The molecule has 0 unspecified atom stereocenters. The molecule has 0 aliphatic rings. The number of aliphatic imine (C=N–C) groups is 1. The zero-order chi connectivity index (χ0) is 19.6.